The van der Waals surface area contributed by atoms with Crippen LogP contribution in [0.4, 0.5) is 0 Å². The van der Waals surface area contributed by atoms with E-state index in [-0.39, 0.29) is 12.2 Å². The van der Waals surface area contributed by atoms with E-state index < -0.39 is 0 Å². The summed E-state index contributed by atoms with van der Waals surface area (Å²) in [5.41, 5.74) is 6.46. The zero-order chi connectivity index (χ0) is 13.2. The van der Waals surface area contributed by atoms with Gasteiger partial charge in [0.25, 0.3) is 5.56 Å². The van der Waals surface area contributed by atoms with Crippen LogP contribution in [0, 0.1) is 0 Å². The fraction of sp³-hybridized carbons (Fsp3) is 0.182. The summed E-state index contributed by atoms with van der Waals surface area (Å²) in [6.45, 7) is 0.460. The van der Waals surface area contributed by atoms with E-state index in [1.807, 2.05) is 6.07 Å². The zero-order valence-corrected chi connectivity index (χ0v) is 9.97. The Morgan fingerprint density at radius 3 is 2.79 bits per heavy atom. The third-order valence-electron chi connectivity index (χ3n) is 2.70. The van der Waals surface area contributed by atoms with Gasteiger partial charge in [0.2, 0.25) is 0 Å². The molecule has 2 aromatic heterocycles. The zero-order valence-electron chi connectivity index (χ0n) is 9.97. The Balaban J connectivity index is 2.01. The Morgan fingerprint density at radius 1 is 1.16 bits per heavy atom. The van der Waals surface area contributed by atoms with E-state index in [0.717, 1.165) is 0 Å². The van der Waals surface area contributed by atoms with Crippen LogP contribution in [0.3, 0.4) is 0 Å². The summed E-state index contributed by atoms with van der Waals surface area (Å²) >= 11 is 0. The highest BCUT2D eigenvalue weighted by molar-refractivity contribution is 5.76. The van der Waals surface area contributed by atoms with E-state index in [9.17, 15) is 4.79 Å². The molecule has 8 nitrogen and oxygen atoms in total. The number of hydrogen-bond acceptors (Lipinski definition) is 6. The summed E-state index contributed by atoms with van der Waals surface area (Å²) in [7, 11) is 0. The maximum Gasteiger partial charge on any atom is 0.279 e. The molecule has 8 heteroatoms. The van der Waals surface area contributed by atoms with Crippen molar-refractivity contribution in [3.05, 3.63) is 46.5 Å². The average Bonchev–Trinajstić information content (AvgIpc) is 2.90. The molecule has 0 aliphatic carbocycles. The van der Waals surface area contributed by atoms with Gasteiger partial charge in [0.1, 0.15) is 12.2 Å². The first-order valence-electron chi connectivity index (χ1n) is 5.69. The molecule has 19 heavy (non-hydrogen) atoms. The lowest BCUT2D eigenvalue weighted by atomic mass is 10.2. The molecule has 96 valence electrons. The normalized spacial score (nSPS) is 11.0. The van der Waals surface area contributed by atoms with Gasteiger partial charge >= 0.3 is 0 Å². The van der Waals surface area contributed by atoms with Gasteiger partial charge in [-0.25, -0.2) is 4.68 Å². The van der Waals surface area contributed by atoms with Gasteiger partial charge in [0, 0.05) is 6.54 Å². The minimum absolute atomic E-state index is 0.156. The van der Waals surface area contributed by atoms with Crippen molar-refractivity contribution < 1.29 is 0 Å². The van der Waals surface area contributed by atoms with Gasteiger partial charge in [-0.3, -0.25) is 4.79 Å². The molecule has 2 heterocycles. The van der Waals surface area contributed by atoms with Crippen molar-refractivity contribution in [3.8, 4) is 0 Å². The molecule has 0 radical (unpaired) electrons. The standard InChI is InChI=1S/C11H11N7O/c12-5-8-6-17(15-13-8)7-18-11(19)9-3-1-2-4-10(9)14-16-18/h1-4,6H,5,7,12H2. The van der Waals surface area contributed by atoms with Gasteiger partial charge in [0.15, 0.2) is 0 Å². The number of rotatable bonds is 3. The van der Waals surface area contributed by atoms with Crippen molar-refractivity contribution in [1.82, 2.24) is 30.0 Å². The van der Waals surface area contributed by atoms with E-state index in [2.05, 4.69) is 20.6 Å². The highest BCUT2D eigenvalue weighted by Crippen LogP contribution is 2.03. The summed E-state index contributed by atoms with van der Waals surface area (Å²) in [6, 6.07) is 7.06. The molecule has 0 unspecified atom stereocenters. The van der Waals surface area contributed by atoms with Crippen LogP contribution >= 0.6 is 0 Å². The minimum atomic E-state index is -0.213. The molecular weight excluding hydrogens is 246 g/mol. The molecular formula is C11H11N7O. The molecule has 0 aliphatic heterocycles. The Labute approximate surface area is 107 Å². The molecule has 3 rings (SSSR count). The maximum atomic E-state index is 12.2. The van der Waals surface area contributed by atoms with Gasteiger partial charge in [0.05, 0.1) is 17.3 Å². The van der Waals surface area contributed by atoms with Crippen LogP contribution in [0.2, 0.25) is 0 Å². The summed E-state index contributed by atoms with van der Waals surface area (Å²) < 4.78 is 2.73. The third-order valence-corrected chi connectivity index (χ3v) is 2.70. The molecule has 1 aromatic carbocycles. The molecule has 0 aliphatic rings. The number of fused-ring (bicyclic) bond motifs is 1. The highest BCUT2D eigenvalue weighted by atomic mass is 16.1. The maximum absolute atomic E-state index is 12.2. The fourth-order valence-corrected chi connectivity index (χ4v) is 1.75. The van der Waals surface area contributed by atoms with Gasteiger partial charge in [-0.15, -0.1) is 10.2 Å². The van der Waals surface area contributed by atoms with E-state index in [0.29, 0.717) is 23.1 Å². The Bertz CT molecular complexity index is 776. The van der Waals surface area contributed by atoms with Gasteiger partial charge in [-0.1, -0.05) is 22.6 Å². The second-order valence-corrected chi connectivity index (χ2v) is 4.01. The Hall–Kier alpha value is -2.61. The first-order chi connectivity index (χ1) is 9.28. The smallest absolute Gasteiger partial charge is 0.279 e. The molecule has 0 saturated carbocycles. The number of nitrogens with two attached hydrogens (primary N) is 1. The van der Waals surface area contributed by atoms with Crippen LogP contribution in [-0.2, 0) is 13.2 Å². The van der Waals surface area contributed by atoms with E-state index in [1.165, 1.54) is 9.36 Å². The molecule has 0 spiro atoms. The highest BCUT2D eigenvalue weighted by Gasteiger charge is 2.06. The summed E-state index contributed by atoms with van der Waals surface area (Å²) in [5, 5.41) is 16.1. The Kier molecular flexibility index (Phi) is 2.76. The van der Waals surface area contributed by atoms with E-state index >= 15 is 0 Å². The topological polar surface area (TPSA) is 105 Å². The first kappa shape index (κ1) is 11.5. The molecule has 0 amide bonds. The summed E-state index contributed by atoms with van der Waals surface area (Å²) in [5.74, 6) is 0. The van der Waals surface area contributed by atoms with Crippen molar-refractivity contribution in [2.45, 2.75) is 13.2 Å². The van der Waals surface area contributed by atoms with Crippen molar-refractivity contribution in [2.75, 3.05) is 0 Å². The molecule has 0 saturated heterocycles. The first-order valence-corrected chi connectivity index (χ1v) is 5.69. The second-order valence-electron chi connectivity index (χ2n) is 4.01. The van der Waals surface area contributed by atoms with E-state index in [4.69, 9.17) is 5.73 Å². The van der Waals surface area contributed by atoms with Crippen molar-refractivity contribution in [1.29, 1.82) is 0 Å². The van der Waals surface area contributed by atoms with Crippen LogP contribution in [0.25, 0.3) is 10.9 Å². The van der Waals surface area contributed by atoms with E-state index in [1.54, 1.807) is 24.4 Å². The van der Waals surface area contributed by atoms with Crippen molar-refractivity contribution in [3.63, 3.8) is 0 Å². The lowest BCUT2D eigenvalue weighted by Gasteiger charge is -2.03. The van der Waals surface area contributed by atoms with Crippen molar-refractivity contribution >= 4 is 10.9 Å². The molecule has 2 N–H and O–H groups in total. The van der Waals surface area contributed by atoms with Gasteiger partial charge in [-0.05, 0) is 12.1 Å². The molecule has 0 fully saturated rings. The predicted octanol–water partition coefficient (Wildman–Crippen LogP) is -0.653. The quantitative estimate of drug-likeness (QED) is 0.668. The summed E-state index contributed by atoms with van der Waals surface area (Å²) in [4.78, 5) is 12.2. The lowest BCUT2D eigenvalue weighted by Crippen LogP contribution is -2.27. The summed E-state index contributed by atoms with van der Waals surface area (Å²) in [6.07, 6.45) is 1.67. The Morgan fingerprint density at radius 2 is 2.00 bits per heavy atom. The monoisotopic (exact) mass is 257 g/mol. The van der Waals surface area contributed by atoms with Gasteiger partial charge in [-0.2, -0.15) is 4.68 Å². The largest absolute Gasteiger partial charge is 0.325 e. The fourth-order valence-electron chi connectivity index (χ4n) is 1.75. The third kappa shape index (κ3) is 2.08. The van der Waals surface area contributed by atoms with Crippen LogP contribution in [0.1, 0.15) is 5.69 Å². The van der Waals surface area contributed by atoms with Gasteiger partial charge < -0.3 is 5.73 Å². The van der Waals surface area contributed by atoms with Crippen LogP contribution in [0.15, 0.2) is 35.3 Å². The molecule has 3 aromatic rings. The van der Waals surface area contributed by atoms with Crippen molar-refractivity contribution in [2.24, 2.45) is 5.73 Å². The molecule has 0 atom stereocenters. The molecule has 0 bridgehead atoms. The minimum Gasteiger partial charge on any atom is -0.325 e. The van der Waals surface area contributed by atoms with Crippen LogP contribution in [0.5, 0.6) is 0 Å². The van der Waals surface area contributed by atoms with Crippen LogP contribution in [-0.4, -0.2) is 30.0 Å². The number of benzene rings is 1. The average molecular weight is 257 g/mol. The number of aromatic nitrogens is 6. The lowest BCUT2D eigenvalue weighted by molar-refractivity contribution is 0.456. The SMILES string of the molecule is NCc1cn(Cn2nnc3ccccc3c2=O)nn1. The number of nitrogens with zero attached hydrogens (tertiary/aromatic N) is 6. The number of hydrogen-bond donors (Lipinski definition) is 1. The second kappa shape index (κ2) is 4.58. The predicted molar refractivity (Wildman–Crippen MR) is 67.1 cm³/mol. The van der Waals surface area contributed by atoms with Crippen LogP contribution < -0.4 is 11.3 Å².